The van der Waals surface area contributed by atoms with Crippen molar-refractivity contribution in [3.05, 3.63) is 23.8 Å². The van der Waals surface area contributed by atoms with E-state index in [1.165, 1.54) is 6.42 Å². The first-order valence-electron chi connectivity index (χ1n) is 5.78. The summed E-state index contributed by atoms with van der Waals surface area (Å²) >= 11 is 0. The first kappa shape index (κ1) is 11.7. The van der Waals surface area contributed by atoms with E-state index in [9.17, 15) is 0 Å². The molecule has 4 nitrogen and oxygen atoms in total. The smallest absolute Gasteiger partial charge is 0.178 e. The minimum absolute atomic E-state index is 0.381. The molecule has 0 aliphatic carbocycles. The molecule has 0 aromatic heterocycles. The van der Waals surface area contributed by atoms with Gasteiger partial charge in [0.1, 0.15) is 12.7 Å². The second kappa shape index (κ2) is 5.55. The maximum absolute atomic E-state index is 9.03. The number of methoxy groups -OCH3 is 1. The minimum atomic E-state index is 0.381. The molecule has 1 saturated heterocycles. The third-order valence-corrected chi connectivity index (χ3v) is 2.91. The molecule has 1 aliphatic heterocycles. The average Bonchev–Trinajstić information content (AvgIpc) is 2.88. The van der Waals surface area contributed by atoms with Crippen LogP contribution in [0.25, 0.3) is 0 Å². The van der Waals surface area contributed by atoms with Gasteiger partial charge in [-0.15, -0.1) is 0 Å². The molecule has 1 heterocycles. The Labute approximate surface area is 101 Å². The number of hydrogen-bond acceptors (Lipinski definition) is 4. The van der Waals surface area contributed by atoms with Crippen LogP contribution in [-0.4, -0.2) is 26.3 Å². The van der Waals surface area contributed by atoms with Crippen LogP contribution in [0.4, 0.5) is 0 Å². The van der Waals surface area contributed by atoms with Crippen molar-refractivity contribution >= 4 is 0 Å². The van der Waals surface area contributed by atoms with Gasteiger partial charge in [0, 0.05) is 6.04 Å². The quantitative estimate of drug-likeness (QED) is 0.858. The largest absolute Gasteiger partial charge is 0.493 e. The van der Waals surface area contributed by atoms with Crippen LogP contribution < -0.4 is 14.8 Å². The Morgan fingerprint density at radius 1 is 1.53 bits per heavy atom. The van der Waals surface area contributed by atoms with E-state index in [-0.39, 0.29) is 0 Å². The highest BCUT2D eigenvalue weighted by atomic mass is 16.5. The Morgan fingerprint density at radius 2 is 2.41 bits per heavy atom. The van der Waals surface area contributed by atoms with Crippen molar-refractivity contribution in [2.24, 2.45) is 0 Å². The lowest BCUT2D eigenvalue weighted by molar-refractivity contribution is 0.262. The number of benzene rings is 1. The molecule has 0 saturated carbocycles. The fourth-order valence-corrected chi connectivity index (χ4v) is 2.00. The number of para-hydroxylation sites is 1. The van der Waals surface area contributed by atoms with Gasteiger partial charge >= 0.3 is 0 Å². The molecule has 90 valence electrons. The molecule has 17 heavy (non-hydrogen) atoms. The molecule has 0 amide bonds. The van der Waals surface area contributed by atoms with Crippen molar-refractivity contribution in [1.82, 2.24) is 5.32 Å². The monoisotopic (exact) mass is 232 g/mol. The summed E-state index contributed by atoms with van der Waals surface area (Å²) in [6.45, 7) is 1.63. The van der Waals surface area contributed by atoms with Crippen LogP contribution in [0.3, 0.4) is 0 Å². The lowest BCUT2D eigenvalue weighted by Gasteiger charge is -2.15. The van der Waals surface area contributed by atoms with Crippen molar-refractivity contribution in [3.8, 4) is 17.6 Å². The number of nitrogens with zero attached hydrogens (tertiary/aromatic N) is 1. The number of rotatable bonds is 4. The Hall–Kier alpha value is -1.73. The zero-order valence-corrected chi connectivity index (χ0v) is 9.90. The molecule has 1 aliphatic rings. The summed E-state index contributed by atoms with van der Waals surface area (Å²) in [5.41, 5.74) is 0.516. The predicted molar refractivity (Wildman–Crippen MR) is 64.2 cm³/mol. The summed E-state index contributed by atoms with van der Waals surface area (Å²) in [6, 6.07) is 7.83. The molecule has 0 spiro atoms. The topological polar surface area (TPSA) is 54.3 Å². The number of hydrogen-bond donors (Lipinski definition) is 1. The minimum Gasteiger partial charge on any atom is -0.493 e. The van der Waals surface area contributed by atoms with E-state index in [2.05, 4.69) is 11.4 Å². The van der Waals surface area contributed by atoms with E-state index in [1.807, 2.05) is 0 Å². The Kier molecular flexibility index (Phi) is 3.84. The van der Waals surface area contributed by atoms with Gasteiger partial charge in [-0.2, -0.15) is 5.26 Å². The average molecular weight is 232 g/mol. The van der Waals surface area contributed by atoms with Gasteiger partial charge in [-0.3, -0.25) is 0 Å². The Balaban J connectivity index is 2.10. The number of nitrogens with one attached hydrogen (secondary N) is 1. The van der Waals surface area contributed by atoms with E-state index in [0.29, 0.717) is 29.7 Å². The summed E-state index contributed by atoms with van der Waals surface area (Å²) in [7, 11) is 1.58. The first-order valence-corrected chi connectivity index (χ1v) is 5.78. The second-order valence-corrected chi connectivity index (χ2v) is 4.05. The third kappa shape index (κ3) is 2.69. The van der Waals surface area contributed by atoms with Crippen LogP contribution >= 0.6 is 0 Å². The zero-order valence-electron chi connectivity index (χ0n) is 9.90. The fourth-order valence-electron chi connectivity index (χ4n) is 2.00. The highest BCUT2D eigenvalue weighted by molar-refractivity contribution is 5.52. The number of ether oxygens (including phenoxy) is 2. The molecule has 1 aromatic rings. The molecule has 1 fully saturated rings. The lowest BCUT2D eigenvalue weighted by atomic mass is 10.2. The van der Waals surface area contributed by atoms with Crippen LogP contribution in [0.5, 0.6) is 11.5 Å². The fraction of sp³-hybridized carbons (Fsp3) is 0.462. The molecule has 1 N–H and O–H groups in total. The van der Waals surface area contributed by atoms with Crippen LogP contribution in [0.2, 0.25) is 0 Å². The molecule has 2 rings (SSSR count). The van der Waals surface area contributed by atoms with E-state index < -0.39 is 0 Å². The van der Waals surface area contributed by atoms with Gasteiger partial charge in [-0.05, 0) is 31.5 Å². The number of nitriles is 1. The summed E-state index contributed by atoms with van der Waals surface area (Å²) in [5, 5.41) is 12.4. The molecule has 1 aromatic carbocycles. The molecule has 0 bridgehead atoms. The molecular formula is C13H16N2O2. The van der Waals surface area contributed by atoms with Crippen molar-refractivity contribution in [2.45, 2.75) is 18.9 Å². The van der Waals surface area contributed by atoms with E-state index in [1.54, 1.807) is 25.3 Å². The Bertz CT molecular complexity index is 420. The maximum atomic E-state index is 9.03. The van der Waals surface area contributed by atoms with Gasteiger partial charge in [-0.25, -0.2) is 0 Å². The van der Waals surface area contributed by atoms with Gasteiger partial charge in [0.25, 0.3) is 0 Å². The molecule has 1 unspecified atom stereocenters. The highest BCUT2D eigenvalue weighted by Crippen LogP contribution is 2.30. The molecular weight excluding hydrogens is 216 g/mol. The third-order valence-electron chi connectivity index (χ3n) is 2.91. The molecule has 0 radical (unpaired) electrons. The van der Waals surface area contributed by atoms with Crippen molar-refractivity contribution < 1.29 is 9.47 Å². The zero-order chi connectivity index (χ0) is 12.1. The van der Waals surface area contributed by atoms with Gasteiger partial charge < -0.3 is 14.8 Å². The Morgan fingerprint density at radius 3 is 3.06 bits per heavy atom. The lowest BCUT2D eigenvalue weighted by Crippen LogP contribution is -2.28. The highest BCUT2D eigenvalue weighted by Gasteiger charge is 2.17. The van der Waals surface area contributed by atoms with Gasteiger partial charge in [-0.1, -0.05) is 6.07 Å². The van der Waals surface area contributed by atoms with E-state index in [4.69, 9.17) is 14.7 Å². The first-order chi connectivity index (χ1) is 8.35. The second-order valence-electron chi connectivity index (χ2n) is 4.05. The maximum Gasteiger partial charge on any atom is 0.178 e. The van der Waals surface area contributed by atoms with Gasteiger partial charge in [0.15, 0.2) is 11.5 Å². The standard InChI is InChI=1S/C13H16N2O2/c1-16-12-6-2-4-10(8-14)13(12)17-9-11-5-3-7-15-11/h2,4,6,11,15H,3,5,7,9H2,1H3. The van der Waals surface area contributed by atoms with Crippen molar-refractivity contribution in [3.63, 3.8) is 0 Å². The van der Waals surface area contributed by atoms with Crippen molar-refractivity contribution in [2.75, 3.05) is 20.3 Å². The van der Waals surface area contributed by atoms with Crippen molar-refractivity contribution in [1.29, 1.82) is 5.26 Å². The summed E-state index contributed by atoms with van der Waals surface area (Å²) in [4.78, 5) is 0. The summed E-state index contributed by atoms with van der Waals surface area (Å²) in [5.74, 6) is 1.16. The summed E-state index contributed by atoms with van der Waals surface area (Å²) in [6.07, 6.45) is 2.31. The SMILES string of the molecule is COc1cccc(C#N)c1OCC1CCCN1. The van der Waals surface area contributed by atoms with Gasteiger partial charge in [0.05, 0.1) is 12.7 Å². The van der Waals surface area contributed by atoms with Crippen LogP contribution in [0.1, 0.15) is 18.4 Å². The van der Waals surface area contributed by atoms with Crippen LogP contribution in [0, 0.1) is 11.3 Å². The normalized spacial score (nSPS) is 18.7. The summed E-state index contributed by atoms with van der Waals surface area (Å²) < 4.78 is 10.9. The predicted octanol–water partition coefficient (Wildman–Crippen LogP) is 1.70. The van der Waals surface area contributed by atoms with Gasteiger partial charge in [0.2, 0.25) is 0 Å². The van der Waals surface area contributed by atoms with Crippen LogP contribution in [0.15, 0.2) is 18.2 Å². The molecule has 1 atom stereocenters. The van der Waals surface area contributed by atoms with Crippen LogP contribution in [-0.2, 0) is 0 Å². The van der Waals surface area contributed by atoms with E-state index >= 15 is 0 Å². The van der Waals surface area contributed by atoms with E-state index in [0.717, 1.165) is 13.0 Å². The molecule has 4 heteroatoms.